The van der Waals surface area contributed by atoms with Crippen LogP contribution in [0.1, 0.15) is 13.8 Å². The third kappa shape index (κ3) is 5.03. The summed E-state index contributed by atoms with van der Waals surface area (Å²) in [6.07, 6.45) is 0. The minimum atomic E-state index is -3.90. The molecular formula is C18H21FN2O3S. The molecule has 0 fully saturated rings. The summed E-state index contributed by atoms with van der Waals surface area (Å²) in [5.74, 6) is -0.616. The number of rotatable bonds is 7. The van der Waals surface area contributed by atoms with Gasteiger partial charge in [-0.2, -0.15) is 0 Å². The molecule has 0 saturated carbocycles. The summed E-state index contributed by atoms with van der Waals surface area (Å²) < 4.78 is 39.1. The molecule has 134 valence electrons. The zero-order chi connectivity index (χ0) is 18.4. The van der Waals surface area contributed by atoms with Gasteiger partial charge in [-0.05, 0) is 36.2 Å². The fourth-order valence-corrected chi connectivity index (χ4v) is 3.61. The molecule has 0 aliphatic rings. The van der Waals surface area contributed by atoms with E-state index in [1.807, 2.05) is 13.8 Å². The van der Waals surface area contributed by atoms with Gasteiger partial charge < -0.3 is 10.6 Å². The van der Waals surface area contributed by atoms with E-state index in [9.17, 15) is 17.6 Å². The van der Waals surface area contributed by atoms with Crippen LogP contribution < -0.4 is 10.6 Å². The average molecular weight is 364 g/mol. The van der Waals surface area contributed by atoms with E-state index in [2.05, 4.69) is 10.6 Å². The normalized spacial score (nSPS) is 11.4. The van der Waals surface area contributed by atoms with Gasteiger partial charge in [0, 0.05) is 6.54 Å². The summed E-state index contributed by atoms with van der Waals surface area (Å²) in [6.45, 7) is 4.37. The quantitative estimate of drug-likeness (QED) is 0.792. The highest BCUT2D eigenvalue weighted by Crippen LogP contribution is 2.28. The molecule has 7 heteroatoms. The Morgan fingerprint density at radius 3 is 2.44 bits per heavy atom. The van der Waals surface area contributed by atoms with Crippen molar-refractivity contribution in [1.82, 2.24) is 5.32 Å². The standard InChI is InChI=1S/C18H21FN2O3S/c1-13(2)11-21-18(22)12-20-16-9-8-14(19)10-17(16)25(23,24)15-6-4-3-5-7-15/h3-10,13,20H,11-12H2,1-2H3,(H,21,22). The molecule has 0 aromatic heterocycles. The molecular weight excluding hydrogens is 343 g/mol. The van der Waals surface area contributed by atoms with Gasteiger partial charge in [-0.15, -0.1) is 0 Å². The summed E-state index contributed by atoms with van der Waals surface area (Å²) in [5.41, 5.74) is 0.185. The highest BCUT2D eigenvalue weighted by atomic mass is 32.2. The first kappa shape index (κ1) is 18.9. The molecule has 0 heterocycles. The Labute approximate surface area is 147 Å². The lowest BCUT2D eigenvalue weighted by molar-refractivity contribution is -0.119. The van der Waals surface area contributed by atoms with Crippen LogP contribution in [0.4, 0.5) is 10.1 Å². The van der Waals surface area contributed by atoms with Crippen LogP contribution in [0.15, 0.2) is 58.3 Å². The fraction of sp³-hybridized carbons (Fsp3) is 0.278. The van der Waals surface area contributed by atoms with Crippen molar-refractivity contribution in [3.05, 3.63) is 54.3 Å². The molecule has 0 unspecified atom stereocenters. The topological polar surface area (TPSA) is 75.3 Å². The number of halogens is 1. The van der Waals surface area contributed by atoms with E-state index in [4.69, 9.17) is 0 Å². The molecule has 0 spiro atoms. The molecule has 2 aromatic rings. The van der Waals surface area contributed by atoms with Crippen molar-refractivity contribution in [3.63, 3.8) is 0 Å². The zero-order valence-corrected chi connectivity index (χ0v) is 14.9. The molecule has 2 rings (SSSR count). The van der Waals surface area contributed by atoms with Crippen molar-refractivity contribution in [3.8, 4) is 0 Å². The van der Waals surface area contributed by atoms with E-state index in [1.165, 1.54) is 18.2 Å². The van der Waals surface area contributed by atoms with E-state index in [0.29, 0.717) is 12.5 Å². The number of sulfone groups is 1. The summed E-state index contributed by atoms with van der Waals surface area (Å²) in [5, 5.41) is 5.51. The van der Waals surface area contributed by atoms with Gasteiger partial charge in [-0.1, -0.05) is 32.0 Å². The maximum atomic E-state index is 13.6. The second kappa shape index (κ2) is 8.11. The Bertz CT molecular complexity index is 837. The van der Waals surface area contributed by atoms with Gasteiger partial charge in [0.05, 0.1) is 22.0 Å². The third-order valence-corrected chi connectivity index (χ3v) is 5.24. The summed E-state index contributed by atoms with van der Waals surface area (Å²) in [4.78, 5) is 11.7. The van der Waals surface area contributed by atoms with E-state index in [-0.39, 0.29) is 27.9 Å². The highest BCUT2D eigenvalue weighted by Gasteiger charge is 2.22. The van der Waals surface area contributed by atoms with Gasteiger partial charge in [0.1, 0.15) is 5.82 Å². The summed E-state index contributed by atoms with van der Waals surface area (Å²) >= 11 is 0. The first-order valence-corrected chi connectivity index (χ1v) is 9.39. The molecule has 0 aliphatic carbocycles. The maximum absolute atomic E-state index is 13.6. The Balaban J connectivity index is 2.25. The van der Waals surface area contributed by atoms with Crippen LogP contribution in [-0.2, 0) is 14.6 Å². The number of hydrogen-bond acceptors (Lipinski definition) is 4. The van der Waals surface area contributed by atoms with Crippen molar-refractivity contribution in [2.45, 2.75) is 23.6 Å². The number of carbonyl (C=O) groups is 1. The Kier molecular flexibility index (Phi) is 6.14. The molecule has 2 aromatic carbocycles. The van der Waals surface area contributed by atoms with Crippen LogP contribution in [0.3, 0.4) is 0 Å². The van der Waals surface area contributed by atoms with Crippen molar-refractivity contribution in [2.24, 2.45) is 5.92 Å². The molecule has 25 heavy (non-hydrogen) atoms. The van der Waals surface area contributed by atoms with Gasteiger partial charge in [-0.3, -0.25) is 4.79 Å². The van der Waals surface area contributed by atoms with Crippen molar-refractivity contribution >= 4 is 21.4 Å². The van der Waals surface area contributed by atoms with Crippen LogP contribution in [0.25, 0.3) is 0 Å². The second-order valence-electron chi connectivity index (χ2n) is 6.01. The molecule has 0 saturated heterocycles. The number of nitrogens with one attached hydrogen (secondary N) is 2. The van der Waals surface area contributed by atoms with Crippen LogP contribution in [0.5, 0.6) is 0 Å². The van der Waals surface area contributed by atoms with Gasteiger partial charge >= 0.3 is 0 Å². The summed E-state index contributed by atoms with van der Waals surface area (Å²) in [7, 11) is -3.90. The predicted molar refractivity (Wildman–Crippen MR) is 94.6 cm³/mol. The fourth-order valence-electron chi connectivity index (χ4n) is 2.15. The number of anilines is 1. The summed E-state index contributed by atoms with van der Waals surface area (Å²) in [6, 6.07) is 11.2. The molecule has 0 radical (unpaired) electrons. The van der Waals surface area contributed by atoms with Crippen LogP contribution >= 0.6 is 0 Å². The highest BCUT2D eigenvalue weighted by molar-refractivity contribution is 7.91. The van der Waals surface area contributed by atoms with E-state index < -0.39 is 15.7 Å². The number of amides is 1. The van der Waals surface area contributed by atoms with E-state index in [1.54, 1.807) is 18.2 Å². The maximum Gasteiger partial charge on any atom is 0.239 e. The largest absolute Gasteiger partial charge is 0.375 e. The van der Waals surface area contributed by atoms with E-state index in [0.717, 1.165) is 12.1 Å². The third-order valence-electron chi connectivity index (χ3n) is 3.43. The monoisotopic (exact) mass is 364 g/mol. The van der Waals surface area contributed by atoms with Gasteiger partial charge in [0.15, 0.2) is 0 Å². The molecule has 2 N–H and O–H groups in total. The molecule has 0 bridgehead atoms. The number of carbonyl (C=O) groups excluding carboxylic acids is 1. The number of hydrogen-bond donors (Lipinski definition) is 2. The smallest absolute Gasteiger partial charge is 0.239 e. The van der Waals surface area contributed by atoms with Crippen molar-refractivity contribution < 1.29 is 17.6 Å². The SMILES string of the molecule is CC(C)CNC(=O)CNc1ccc(F)cc1S(=O)(=O)c1ccccc1. The van der Waals surface area contributed by atoms with Crippen molar-refractivity contribution in [1.29, 1.82) is 0 Å². The van der Waals surface area contributed by atoms with Crippen molar-refractivity contribution in [2.75, 3.05) is 18.4 Å². The molecule has 5 nitrogen and oxygen atoms in total. The first-order valence-electron chi connectivity index (χ1n) is 7.91. The molecule has 1 amide bonds. The Morgan fingerprint density at radius 1 is 1.12 bits per heavy atom. The van der Waals surface area contributed by atoms with Gasteiger partial charge in [-0.25, -0.2) is 12.8 Å². The Hall–Kier alpha value is -2.41. The lowest BCUT2D eigenvalue weighted by atomic mass is 10.2. The van der Waals surface area contributed by atoms with Crippen LogP contribution in [-0.4, -0.2) is 27.4 Å². The van der Waals surface area contributed by atoms with Gasteiger partial charge in [0.2, 0.25) is 15.7 Å². The van der Waals surface area contributed by atoms with Crippen LogP contribution in [0.2, 0.25) is 0 Å². The second-order valence-corrected chi connectivity index (χ2v) is 7.93. The lowest BCUT2D eigenvalue weighted by Gasteiger charge is -2.13. The minimum absolute atomic E-state index is 0.0629. The van der Waals surface area contributed by atoms with Crippen LogP contribution in [0, 0.1) is 11.7 Å². The molecule has 0 aliphatic heterocycles. The lowest BCUT2D eigenvalue weighted by Crippen LogP contribution is -2.32. The number of benzene rings is 2. The minimum Gasteiger partial charge on any atom is -0.375 e. The predicted octanol–water partition coefficient (Wildman–Crippen LogP) is 2.84. The average Bonchev–Trinajstić information content (AvgIpc) is 2.59. The Morgan fingerprint density at radius 2 is 1.80 bits per heavy atom. The molecule has 0 atom stereocenters. The van der Waals surface area contributed by atoms with Gasteiger partial charge in [0.25, 0.3) is 0 Å². The first-order chi connectivity index (χ1) is 11.8. The van der Waals surface area contributed by atoms with E-state index >= 15 is 0 Å². The zero-order valence-electron chi connectivity index (χ0n) is 14.1.